The van der Waals surface area contributed by atoms with Crippen LogP contribution in [0.1, 0.15) is 37.7 Å². The van der Waals surface area contributed by atoms with Crippen LogP contribution in [0.3, 0.4) is 0 Å². The van der Waals surface area contributed by atoms with Gasteiger partial charge in [-0.05, 0) is 18.1 Å². The van der Waals surface area contributed by atoms with Gasteiger partial charge in [-0.2, -0.15) is 0 Å². The molecule has 0 amide bonds. The lowest BCUT2D eigenvalue weighted by molar-refractivity contribution is 0.253. The molecule has 1 unspecified atom stereocenters. The molecular formula is C14H22O3. The van der Waals surface area contributed by atoms with Crippen molar-refractivity contribution in [3.05, 3.63) is 23.8 Å². The summed E-state index contributed by atoms with van der Waals surface area (Å²) in [5.41, 5.74) is 1.06. The predicted molar refractivity (Wildman–Crippen MR) is 68.9 cm³/mol. The molecule has 0 saturated heterocycles. The fourth-order valence-corrected chi connectivity index (χ4v) is 1.95. The minimum Gasteiger partial charge on any atom is -0.497 e. The van der Waals surface area contributed by atoms with Gasteiger partial charge in [-0.1, -0.05) is 25.8 Å². The Morgan fingerprint density at radius 2 is 2.00 bits per heavy atom. The van der Waals surface area contributed by atoms with E-state index in [0.717, 1.165) is 36.3 Å². The van der Waals surface area contributed by atoms with Crippen molar-refractivity contribution >= 4 is 0 Å². The highest BCUT2D eigenvalue weighted by atomic mass is 16.5. The maximum absolute atomic E-state index is 9.47. The number of unbranched alkanes of at least 4 members (excludes halogenated alkanes) is 1. The Labute approximate surface area is 103 Å². The zero-order chi connectivity index (χ0) is 12.7. The number of benzene rings is 1. The molecule has 0 spiro atoms. The molecule has 0 radical (unpaired) electrons. The molecule has 1 atom stereocenters. The normalized spacial score (nSPS) is 12.2. The Morgan fingerprint density at radius 1 is 1.24 bits per heavy atom. The van der Waals surface area contributed by atoms with Gasteiger partial charge in [0, 0.05) is 12.0 Å². The third kappa shape index (κ3) is 3.63. The second-order valence-corrected chi connectivity index (χ2v) is 4.13. The Bertz CT molecular complexity index is 336. The van der Waals surface area contributed by atoms with Crippen LogP contribution in [0.4, 0.5) is 0 Å². The van der Waals surface area contributed by atoms with Gasteiger partial charge in [-0.3, -0.25) is 0 Å². The molecule has 0 saturated carbocycles. The summed E-state index contributed by atoms with van der Waals surface area (Å²) in [4.78, 5) is 0. The molecule has 0 aliphatic rings. The largest absolute Gasteiger partial charge is 0.497 e. The summed E-state index contributed by atoms with van der Waals surface area (Å²) < 4.78 is 10.5. The van der Waals surface area contributed by atoms with E-state index in [0.29, 0.717) is 0 Å². The second kappa shape index (κ2) is 7.17. The van der Waals surface area contributed by atoms with Gasteiger partial charge in [0.05, 0.1) is 20.8 Å². The fourth-order valence-electron chi connectivity index (χ4n) is 1.95. The van der Waals surface area contributed by atoms with E-state index in [1.54, 1.807) is 14.2 Å². The molecule has 1 aromatic carbocycles. The van der Waals surface area contributed by atoms with Gasteiger partial charge in [-0.25, -0.2) is 0 Å². The Morgan fingerprint density at radius 3 is 2.53 bits per heavy atom. The molecule has 3 nitrogen and oxygen atoms in total. The molecule has 0 bridgehead atoms. The van der Waals surface area contributed by atoms with Gasteiger partial charge >= 0.3 is 0 Å². The molecule has 0 heterocycles. The highest BCUT2D eigenvalue weighted by Crippen LogP contribution is 2.32. The molecule has 1 N–H and O–H groups in total. The van der Waals surface area contributed by atoms with E-state index >= 15 is 0 Å². The summed E-state index contributed by atoms with van der Waals surface area (Å²) in [6, 6.07) is 5.75. The molecule has 0 fully saturated rings. The topological polar surface area (TPSA) is 38.7 Å². The van der Waals surface area contributed by atoms with Crippen molar-refractivity contribution in [1.29, 1.82) is 0 Å². The Balaban J connectivity index is 2.93. The average Bonchev–Trinajstić information content (AvgIpc) is 2.39. The van der Waals surface area contributed by atoms with Crippen LogP contribution in [-0.4, -0.2) is 25.9 Å². The quantitative estimate of drug-likeness (QED) is 0.793. The summed E-state index contributed by atoms with van der Waals surface area (Å²) >= 11 is 0. The molecule has 0 aliphatic heterocycles. The van der Waals surface area contributed by atoms with Crippen molar-refractivity contribution in [2.24, 2.45) is 0 Å². The maximum Gasteiger partial charge on any atom is 0.126 e. The van der Waals surface area contributed by atoms with Crippen molar-refractivity contribution in [2.45, 2.75) is 32.1 Å². The van der Waals surface area contributed by atoms with Crippen LogP contribution in [-0.2, 0) is 0 Å². The van der Waals surface area contributed by atoms with Gasteiger partial charge < -0.3 is 14.6 Å². The second-order valence-electron chi connectivity index (χ2n) is 4.13. The van der Waals surface area contributed by atoms with Crippen molar-refractivity contribution in [3.63, 3.8) is 0 Å². The lowest BCUT2D eigenvalue weighted by Crippen LogP contribution is -2.06. The smallest absolute Gasteiger partial charge is 0.126 e. The number of aliphatic hydroxyl groups is 1. The van der Waals surface area contributed by atoms with Gasteiger partial charge in [-0.15, -0.1) is 0 Å². The van der Waals surface area contributed by atoms with Gasteiger partial charge in [0.15, 0.2) is 0 Å². The first-order valence-electron chi connectivity index (χ1n) is 6.09. The molecule has 1 rings (SSSR count). The standard InChI is InChI=1S/C14H22O3/c1-4-5-6-11(10-15)13-8-7-12(16-2)9-14(13)17-3/h7-9,11,15H,4-6,10H2,1-3H3. The van der Waals surface area contributed by atoms with Crippen molar-refractivity contribution in [1.82, 2.24) is 0 Å². The van der Waals surface area contributed by atoms with Crippen LogP contribution in [0.5, 0.6) is 11.5 Å². The van der Waals surface area contributed by atoms with E-state index in [4.69, 9.17) is 9.47 Å². The van der Waals surface area contributed by atoms with Crippen LogP contribution >= 0.6 is 0 Å². The van der Waals surface area contributed by atoms with Crippen LogP contribution in [0, 0.1) is 0 Å². The van der Waals surface area contributed by atoms with Crippen LogP contribution in [0.15, 0.2) is 18.2 Å². The number of ether oxygens (including phenoxy) is 2. The highest BCUT2D eigenvalue weighted by Gasteiger charge is 2.15. The maximum atomic E-state index is 9.47. The summed E-state index contributed by atoms with van der Waals surface area (Å²) in [6.45, 7) is 2.31. The minimum atomic E-state index is 0.149. The molecule has 0 aliphatic carbocycles. The van der Waals surface area contributed by atoms with Crippen LogP contribution in [0.2, 0.25) is 0 Å². The first kappa shape index (κ1) is 13.8. The van der Waals surface area contributed by atoms with E-state index in [1.165, 1.54) is 0 Å². The van der Waals surface area contributed by atoms with Crippen LogP contribution < -0.4 is 9.47 Å². The predicted octanol–water partition coefficient (Wildman–Crippen LogP) is 2.97. The molecular weight excluding hydrogens is 216 g/mol. The molecule has 3 heteroatoms. The molecule has 17 heavy (non-hydrogen) atoms. The van der Waals surface area contributed by atoms with Gasteiger partial charge in [0.1, 0.15) is 11.5 Å². The Kier molecular flexibility index (Phi) is 5.84. The van der Waals surface area contributed by atoms with Crippen molar-refractivity contribution in [3.8, 4) is 11.5 Å². The number of hydrogen-bond donors (Lipinski definition) is 1. The lowest BCUT2D eigenvalue weighted by atomic mass is 9.93. The number of rotatable bonds is 7. The summed E-state index contributed by atoms with van der Waals surface area (Å²) in [5.74, 6) is 1.72. The van der Waals surface area contributed by atoms with Gasteiger partial charge in [0.25, 0.3) is 0 Å². The van der Waals surface area contributed by atoms with E-state index in [1.807, 2.05) is 18.2 Å². The lowest BCUT2D eigenvalue weighted by Gasteiger charge is -2.18. The monoisotopic (exact) mass is 238 g/mol. The highest BCUT2D eigenvalue weighted by molar-refractivity contribution is 5.42. The fraction of sp³-hybridized carbons (Fsp3) is 0.571. The number of aliphatic hydroxyl groups excluding tert-OH is 1. The average molecular weight is 238 g/mol. The van der Waals surface area contributed by atoms with Crippen LogP contribution in [0.25, 0.3) is 0 Å². The summed E-state index contributed by atoms with van der Waals surface area (Å²) in [6.07, 6.45) is 3.23. The Hall–Kier alpha value is -1.22. The SMILES string of the molecule is CCCCC(CO)c1ccc(OC)cc1OC. The first-order valence-corrected chi connectivity index (χ1v) is 6.09. The molecule has 0 aromatic heterocycles. The number of methoxy groups -OCH3 is 2. The minimum absolute atomic E-state index is 0.149. The molecule has 96 valence electrons. The van der Waals surface area contributed by atoms with E-state index in [-0.39, 0.29) is 12.5 Å². The van der Waals surface area contributed by atoms with E-state index in [2.05, 4.69) is 6.92 Å². The third-order valence-electron chi connectivity index (χ3n) is 3.01. The zero-order valence-electron chi connectivity index (χ0n) is 10.9. The van der Waals surface area contributed by atoms with Gasteiger partial charge in [0.2, 0.25) is 0 Å². The zero-order valence-corrected chi connectivity index (χ0v) is 10.9. The third-order valence-corrected chi connectivity index (χ3v) is 3.01. The summed E-state index contributed by atoms with van der Waals surface area (Å²) in [7, 11) is 3.28. The molecule has 1 aromatic rings. The first-order chi connectivity index (χ1) is 8.26. The summed E-state index contributed by atoms with van der Waals surface area (Å²) in [5, 5.41) is 9.47. The van der Waals surface area contributed by atoms with E-state index < -0.39 is 0 Å². The van der Waals surface area contributed by atoms with E-state index in [9.17, 15) is 5.11 Å². The van der Waals surface area contributed by atoms with Crippen molar-refractivity contribution < 1.29 is 14.6 Å². The van der Waals surface area contributed by atoms with Crippen molar-refractivity contribution in [2.75, 3.05) is 20.8 Å². The number of hydrogen-bond acceptors (Lipinski definition) is 3.